The molecule has 6 nitrogen and oxygen atoms in total. The summed E-state index contributed by atoms with van der Waals surface area (Å²) >= 11 is 1.12. The molecule has 1 unspecified atom stereocenters. The molecule has 1 aromatic carbocycles. The summed E-state index contributed by atoms with van der Waals surface area (Å²) in [4.78, 5) is 19.1. The van der Waals surface area contributed by atoms with Crippen LogP contribution in [-0.2, 0) is 0 Å². The molecule has 0 aliphatic heterocycles. The van der Waals surface area contributed by atoms with E-state index in [1.54, 1.807) is 37.5 Å². The predicted molar refractivity (Wildman–Crippen MR) is 69.9 cm³/mol. The Labute approximate surface area is 113 Å². The lowest BCUT2D eigenvalue weighted by molar-refractivity contribution is -0.387. The average Bonchev–Trinajstić information content (AvgIpc) is 2.39. The summed E-state index contributed by atoms with van der Waals surface area (Å²) < 4.78 is 0. The van der Waals surface area contributed by atoms with E-state index in [2.05, 4.69) is 9.97 Å². The Hall–Kier alpha value is -1.99. The second-order valence-electron chi connectivity index (χ2n) is 3.79. The molecule has 2 aromatic rings. The highest BCUT2D eigenvalue weighted by molar-refractivity contribution is 7.99. The van der Waals surface area contributed by atoms with Gasteiger partial charge < -0.3 is 5.11 Å². The van der Waals surface area contributed by atoms with Crippen LogP contribution in [0, 0.1) is 10.1 Å². The lowest BCUT2D eigenvalue weighted by Crippen LogP contribution is -1.96. The summed E-state index contributed by atoms with van der Waals surface area (Å²) in [6.45, 7) is 1.56. The molecular formula is C12H11N3O3S. The number of nitro benzene ring substituents is 1. The summed E-state index contributed by atoms with van der Waals surface area (Å²) in [7, 11) is 0. The predicted octanol–water partition coefficient (Wildman–Crippen LogP) is 2.59. The van der Waals surface area contributed by atoms with Gasteiger partial charge in [-0.2, -0.15) is 0 Å². The molecule has 7 heteroatoms. The van der Waals surface area contributed by atoms with E-state index in [1.165, 1.54) is 6.07 Å². The zero-order chi connectivity index (χ0) is 13.8. The smallest absolute Gasteiger partial charge is 0.283 e. The van der Waals surface area contributed by atoms with Gasteiger partial charge >= 0.3 is 0 Å². The zero-order valence-electron chi connectivity index (χ0n) is 10.1. The number of hydrogen-bond donors (Lipinski definition) is 1. The Balaban J connectivity index is 2.37. The summed E-state index contributed by atoms with van der Waals surface area (Å²) in [5, 5.41) is 21.0. The molecule has 98 valence electrons. The van der Waals surface area contributed by atoms with E-state index >= 15 is 0 Å². The second-order valence-corrected chi connectivity index (χ2v) is 4.80. The van der Waals surface area contributed by atoms with Crippen molar-refractivity contribution in [2.45, 2.75) is 23.1 Å². The highest BCUT2D eigenvalue weighted by Gasteiger charge is 2.18. The molecule has 0 saturated heterocycles. The maximum absolute atomic E-state index is 11.1. The number of aliphatic hydroxyl groups is 1. The van der Waals surface area contributed by atoms with Gasteiger partial charge in [-0.25, -0.2) is 9.97 Å². The van der Waals surface area contributed by atoms with Gasteiger partial charge in [0.25, 0.3) is 5.69 Å². The lowest BCUT2D eigenvalue weighted by Gasteiger charge is -2.06. The maximum atomic E-state index is 11.1. The largest absolute Gasteiger partial charge is 0.389 e. The lowest BCUT2D eigenvalue weighted by atomic mass is 10.1. The van der Waals surface area contributed by atoms with Crippen LogP contribution in [0.15, 0.2) is 46.7 Å². The van der Waals surface area contributed by atoms with Crippen molar-refractivity contribution in [1.82, 2.24) is 9.97 Å². The number of aliphatic hydroxyl groups excluding tert-OH is 1. The Morgan fingerprint density at radius 3 is 2.63 bits per heavy atom. The second kappa shape index (κ2) is 5.77. The molecule has 0 spiro atoms. The van der Waals surface area contributed by atoms with Crippen LogP contribution >= 0.6 is 11.8 Å². The van der Waals surface area contributed by atoms with E-state index in [4.69, 9.17) is 0 Å². The summed E-state index contributed by atoms with van der Waals surface area (Å²) in [5.74, 6) is 0. The first-order valence-corrected chi connectivity index (χ1v) is 6.31. The Bertz CT molecular complexity index is 590. The van der Waals surface area contributed by atoms with Gasteiger partial charge in [0, 0.05) is 18.5 Å². The van der Waals surface area contributed by atoms with Crippen molar-refractivity contribution in [3.63, 3.8) is 0 Å². The van der Waals surface area contributed by atoms with E-state index in [9.17, 15) is 15.2 Å². The Morgan fingerprint density at radius 2 is 2.05 bits per heavy atom. The molecule has 1 heterocycles. The van der Waals surface area contributed by atoms with Crippen LogP contribution in [0.2, 0.25) is 0 Å². The van der Waals surface area contributed by atoms with Crippen molar-refractivity contribution >= 4 is 17.4 Å². The van der Waals surface area contributed by atoms with E-state index in [-0.39, 0.29) is 5.69 Å². The highest BCUT2D eigenvalue weighted by atomic mass is 32.2. The first kappa shape index (κ1) is 13.4. The number of nitrogens with zero attached hydrogens (tertiary/aromatic N) is 3. The first-order valence-electron chi connectivity index (χ1n) is 5.49. The molecule has 0 fully saturated rings. The fraction of sp³-hybridized carbons (Fsp3) is 0.167. The van der Waals surface area contributed by atoms with Crippen molar-refractivity contribution in [3.8, 4) is 0 Å². The van der Waals surface area contributed by atoms with Crippen LogP contribution in [0.5, 0.6) is 0 Å². The van der Waals surface area contributed by atoms with Gasteiger partial charge in [0.2, 0.25) is 0 Å². The van der Waals surface area contributed by atoms with Gasteiger partial charge in [0.05, 0.1) is 15.9 Å². The third kappa shape index (κ3) is 3.27. The molecule has 0 aliphatic carbocycles. The van der Waals surface area contributed by atoms with Crippen molar-refractivity contribution in [2.75, 3.05) is 0 Å². The fourth-order valence-corrected chi connectivity index (χ4v) is 2.26. The molecule has 0 aliphatic rings. The number of hydrogen-bond acceptors (Lipinski definition) is 6. The first-order chi connectivity index (χ1) is 9.08. The molecule has 1 N–H and O–H groups in total. The molecule has 0 saturated carbocycles. The van der Waals surface area contributed by atoms with Crippen LogP contribution in [0.25, 0.3) is 0 Å². The minimum atomic E-state index is -0.745. The molecular weight excluding hydrogens is 266 g/mol. The van der Waals surface area contributed by atoms with Crippen LogP contribution in [-0.4, -0.2) is 20.0 Å². The van der Waals surface area contributed by atoms with Gasteiger partial charge in [-0.05, 0) is 36.4 Å². The monoisotopic (exact) mass is 277 g/mol. The quantitative estimate of drug-likeness (QED) is 0.525. The minimum absolute atomic E-state index is 0.0594. The Morgan fingerprint density at radius 1 is 1.37 bits per heavy atom. The molecule has 1 aromatic heterocycles. The minimum Gasteiger partial charge on any atom is -0.389 e. The summed E-state index contributed by atoms with van der Waals surface area (Å²) in [6.07, 6.45) is 2.40. The molecule has 0 bridgehead atoms. The Kier molecular flexibility index (Phi) is 4.08. The average molecular weight is 277 g/mol. The zero-order valence-corrected chi connectivity index (χ0v) is 10.9. The molecule has 1 atom stereocenters. The van der Waals surface area contributed by atoms with Crippen LogP contribution < -0.4 is 0 Å². The number of nitro groups is 1. The normalized spacial score (nSPS) is 12.1. The van der Waals surface area contributed by atoms with Crippen LogP contribution in [0.3, 0.4) is 0 Å². The van der Waals surface area contributed by atoms with E-state index in [0.29, 0.717) is 15.6 Å². The molecule has 0 amide bonds. The standard InChI is InChI=1S/C12H11N3O3S/c1-8(16)9-3-4-11(10(7-9)15(17)18)19-12-13-5-2-6-14-12/h2-8,16H,1H3. The van der Waals surface area contributed by atoms with E-state index in [0.717, 1.165) is 11.8 Å². The van der Waals surface area contributed by atoms with Crippen molar-refractivity contribution in [1.29, 1.82) is 0 Å². The van der Waals surface area contributed by atoms with Gasteiger partial charge in [0.15, 0.2) is 5.16 Å². The molecule has 2 rings (SSSR count). The highest BCUT2D eigenvalue weighted by Crippen LogP contribution is 2.34. The maximum Gasteiger partial charge on any atom is 0.283 e. The van der Waals surface area contributed by atoms with Crippen LogP contribution in [0.4, 0.5) is 5.69 Å². The SMILES string of the molecule is CC(O)c1ccc(Sc2ncccn2)c([N+](=O)[O-])c1. The number of rotatable bonds is 4. The third-order valence-electron chi connectivity index (χ3n) is 2.41. The van der Waals surface area contributed by atoms with Gasteiger partial charge in [-0.1, -0.05) is 6.07 Å². The van der Waals surface area contributed by atoms with Gasteiger partial charge in [-0.3, -0.25) is 10.1 Å². The van der Waals surface area contributed by atoms with E-state index < -0.39 is 11.0 Å². The van der Waals surface area contributed by atoms with Gasteiger partial charge in [0.1, 0.15) is 0 Å². The third-order valence-corrected chi connectivity index (χ3v) is 3.36. The number of benzene rings is 1. The summed E-state index contributed by atoms with van der Waals surface area (Å²) in [6, 6.07) is 6.30. The van der Waals surface area contributed by atoms with Crippen LogP contribution in [0.1, 0.15) is 18.6 Å². The summed E-state index contributed by atoms with van der Waals surface area (Å²) in [5.41, 5.74) is 0.445. The van der Waals surface area contributed by atoms with Gasteiger partial charge in [-0.15, -0.1) is 0 Å². The van der Waals surface area contributed by atoms with Crippen molar-refractivity contribution in [2.24, 2.45) is 0 Å². The topological polar surface area (TPSA) is 89.2 Å². The van der Waals surface area contributed by atoms with E-state index in [1.807, 2.05) is 0 Å². The molecule has 19 heavy (non-hydrogen) atoms. The van der Waals surface area contributed by atoms with Crippen molar-refractivity contribution < 1.29 is 10.0 Å². The van der Waals surface area contributed by atoms with Crippen molar-refractivity contribution in [3.05, 3.63) is 52.3 Å². The number of aromatic nitrogens is 2. The fourth-order valence-electron chi connectivity index (χ4n) is 1.46. The molecule has 0 radical (unpaired) electrons.